The molecule has 0 atom stereocenters. The average molecular weight is 299 g/mol. The van der Waals surface area contributed by atoms with Crippen molar-refractivity contribution in [3.05, 3.63) is 65.3 Å². The van der Waals surface area contributed by atoms with Crippen LogP contribution in [0.1, 0.15) is 5.56 Å². The Morgan fingerprint density at radius 1 is 1.05 bits per heavy atom. The lowest BCUT2D eigenvalue weighted by molar-refractivity contribution is 0.476. The van der Waals surface area contributed by atoms with Crippen molar-refractivity contribution in [3.63, 3.8) is 0 Å². The Morgan fingerprint density at radius 3 is 2.67 bits per heavy atom. The number of phenolic OH excluding ortho intramolecular Hbond substituents is 1. The first-order chi connectivity index (χ1) is 10.2. The van der Waals surface area contributed by atoms with Crippen LogP contribution in [-0.2, 0) is 6.42 Å². The molecule has 0 aliphatic heterocycles. The van der Waals surface area contributed by atoms with Gasteiger partial charge in [0.2, 0.25) is 0 Å². The van der Waals surface area contributed by atoms with Gasteiger partial charge in [-0.1, -0.05) is 29.8 Å². The number of halogens is 1. The minimum Gasteiger partial charge on any atom is -0.508 e. The molecule has 0 radical (unpaired) electrons. The summed E-state index contributed by atoms with van der Waals surface area (Å²) in [5.74, 6) is 1.04. The highest BCUT2D eigenvalue weighted by atomic mass is 35.5. The zero-order valence-electron chi connectivity index (χ0n) is 11.4. The van der Waals surface area contributed by atoms with Crippen molar-refractivity contribution in [3.8, 4) is 5.75 Å². The number of phenols is 1. The first-order valence-electron chi connectivity index (χ1n) is 6.78. The third kappa shape index (κ3) is 3.26. The molecule has 0 saturated carbocycles. The van der Waals surface area contributed by atoms with E-state index in [0.717, 1.165) is 34.6 Å². The maximum atomic E-state index is 9.62. The van der Waals surface area contributed by atoms with Crippen LogP contribution in [0.5, 0.6) is 5.75 Å². The van der Waals surface area contributed by atoms with Crippen LogP contribution >= 0.6 is 11.6 Å². The van der Waals surface area contributed by atoms with Crippen LogP contribution in [0.2, 0.25) is 5.02 Å². The molecule has 0 spiro atoms. The predicted molar refractivity (Wildman–Crippen MR) is 87.1 cm³/mol. The Labute approximate surface area is 128 Å². The van der Waals surface area contributed by atoms with Gasteiger partial charge in [-0.05, 0) is 47.7 Å². The molecule has 0 saturated heterocycles. The second-order valence-electron chi connectivity index (χ2n) is 4.87. The highest BCUT2D eigenvalue weighted by molar-refractivity contribution is 6.30. The first kappa shape index (κ1) is 13.7. The second-order valence-corrected chi connectivity index (χ2v) is 5.30. The smallest absolute Gasteiger partial charge is 0.133 e. The van der Waals surface area contributed by atoms with E-state index in [0.29, 0.717) is 0 Å². The van der Waals surface area contributed by atoms with E-state index in [1.165, 1.54) is 5.56 Å². The molecule has 0 amide bonds. The highest BCUT2D eigenvalue weighted by Crippen LogP contribution is 2.25. The molecule has 0 bridgehead atoms. The van der Waals surface area contributed by atoms with Crippen LogP contribution < -0.4 is 5.32 Å². The molecule has 0 fully saturated rings. The molecule has 1 aromatic heterocycles. The lowest BCUT2D eigenvalue weighted by Crippen LogP contribution is -2.06. The maximum Gasteiger partial charge on any atom is 0.133 e. The van der Waals surface area contributed by atoms with E-state index in [4.69, 9.17) is 11.6 Å². The molecule has 2 N–H and O–H groups in total. The summed E-state index contributed by atoms with van der Waals surface area (Å²) < 4.78 is 0. The van der Waals surface area contributed by atoms with E-state index < -0.39 is 0 Å². The molecular formula is C17H15ClN2O. The van der Waals surface area contributed by atoms with Crippen LogP contribution in [-0.4, -0.2) is 16.6 Å². The number of nitrogens with one attached hydrogen (secondary N) is 1. The Balaban J connectivity index is 1.73. The van der Waals surface area contributed by atoms with Gasteiger partial charge in [-0.3, -0.25) is 0 Å². The number of anilines is 1. The molecule has 3 rings (SSSR count). The van der Waals surface area contributed by atoms with Crippen LogP contribution in [0.25, 0.3) is 10.8 Å². The summed E-state index contributed by atoms with van der Waals surface area (Å²) in [4.78, 5) is 4.35. The number of aromatic nitrogens is 1. The van der Waals surface area contributed by atoms with Crippen LogP contribution in [0, 0.1) is 0 Å². The number of fused-ring (bicyclic) bond motifs is 1. The summed E-state index contributed by atoms with van der Waals surface area (Å²) in [5.41, 5.74) is 1.22. The number of pyridine rings is 1. The molecular weight excluding hydrogens is 284 g/mol. The maximum absolute atomic E-state index is 9.62. The van der Waals surface area contributed by atoms with Gasteiger partial charge >= 0.3 is 0 Å². The summed E-state index contributed by atoms with van der Waals surface area (Å²) in [6, 6.07) is 15.1. The number of aromatic hydroxyl groups is 1. The summed E-state index contributed by atoms with van der Waals surface area (Å²) in [6.45, 7) is 0.767. The van der Waals surface area contributed by atoms with E-state index in [-0.39, 0.29) is 5.75 Å². The van der Waals surface area contributed by atoms with Crippen molar-refractivity contribution in [2.45, 2.75) is 6.42 Å². The van der Waals surface area contributed by atoms with Gasteiger partial charge in [0.05, 0.1) is 0 Å². The monoisotopic (exact) mass is 298 g/mol. The van der Waals surface area contributed by atoms with Crippen molar-refractivity contribution in [1.82, 2.24) is 4.98 Å². The third-order valence-corrected chi connectivity index (χ3v) is 3.62. The SMILES string of the molecule is Oc1ccc2ccnc(NCCc3ccc(Cl)cc3)c2c1. The Bertz CT molecular complexity index is 756. The van der Waals surface area contributed by atoms with Crippen molar-refractivity contribution >= 4 is 28.2 Å². The first-order valence-corrected chi connectivity index (χ1v) is 7.16. The average Bonchev–Trinajstić information content (AvgIpc) is 2.50. The summed E-state index contributed by atoms with van der Waals surface area (Å²) >= 11 is 5.87. The van der Waals surface area contributed by atoms with Crippen LogP contribution in [0.4, 0.5) is 5.82 Å². The van der Waals surface area contributed by atoms with Gasteiger partial charge in [0.15, 0.2) is 0 Å². The molecule has 3 aromatic rings. The molecule has 3 nitrogen and oxygen atoms in total. The number of rotatable bonds is 4. The van der Waals surface area contributed by atoms with Gasteiger partial charge in [-0.25, -0.2) is 4.98 Å². The zero-order valence-corrected chi connectivity index (χ0v) is 12.1. The van der Waals surface area contributed by atoms with Gasteiger partial charge < -0.3 is 10.4 Å². The molecule has 2 aromatic carbocycles. The molecule has 4 heteroatoms. The van der Waals surface area contributed by atoms with E-state index in [2.05, 4.69) is 10.3 Å². The molecule has 21 heavy (non-hydrogen) atoms. The van der Waals surface area contributed by atoms with Gasteiger partial charge in [0, 0.05) is 23.2 Å². The number of hydrogen-bond donors (Lipinski definition) is 2. The van der Waals surface area contributed by atoms with Gasteiger partial charge in [-0.15, -0.1) is 0 Å². The third-order valence-electron chi connectivity index (χ3n) is 3.37. The van der Waals surface area contributed by atoms with Gasteiger partial charge in [0.25, 0.3) is 0 Å². The van der Waals surface area contributed by atoms with Crippen LogP contribution in [0.3, 0.4) is 0 Å². The highest BCUT2D eigenvalue weighted by Gasteiger charge is 2.03. The van der Waals surface area contributed by atoms with Crippen molar-refractivity contribution < 1.29 is 5.11 Å². The largest absolute Gasteiger partial charge is 0.508 e. The fraction of sp³-hybridized carbons (Fsp3) is 0.118. The molecule has 0 unspecified atom stereocenters. The number of hydrogen-bond acceptors (Lipinski definition) is 3. The summed E-state index contributed by atoms with van der Waals surface area (Å²) in [7, 11) is 0. The Morgan fingerprint density at radius 2 is 1.86 bits per heavy atom. The van der Waals surface area contributed by atoms with E-state index in [1.807, 2.05) is 36.4 Å². The Hall–Kier alpha value is -2.26. The summed E-state index contributed by atoms with van der Waals surface area (Å²) in [6.07, 6.45) is 2.65. The van der Waals surface area contributed by atoms with Crippen molar-refractivity contribution in [2.24, 2.45) is 0 Å². The molecule has 106 valence electrons. The molecule has 1 heterocycles. The van der Waals surface area contributed by atoms with E-state index in [9.17, 15) is 5.11 Å². The molecule has 0 aliphatic carbocycles. The van der Waals surface area contributed by atoms with Crippen molar-refractivity contribution in [1.29, 1.82) is 0 Å². The minimum absolute atomic E-state index is 0.247. The van der Waals surface area contributed by atoms with Gasteiger partial charge in [0.1, 0.15) is 11.6 Å². The Kier molecular flexibility index (Phi) is 3.93. The lowest BCUT2D eigenvalue weighted by Gasteiger charge is -2.09. The van der Waals surface area contributed by atoms with E-state index in [1.54, 1.807) is 18.3 Å². The quantitative estimate of drug-likeness (QED) is 0.757. The minimum atomic E-state index is 0.247. The number of nitrogens with zero attached hydrogens (tertiary/aromatic N) is 1. The number of benzene rings is 2. The lowest BCUT2D eigenvalue weighted by atomic mass is 10.1. The van der Waals surface area contributed by atoms with Crippen LogP contribution in [0.15, 0.2) is 54.7 Å². The summed E-state index contributed by atoms with van der Waals surface area (Å²) in [5, 5.41) is 15.7. The fourth-order valence-corrected chi connectivity index (χ4v) is 2.40. The normalized spacial score (nSPS) is 10.7. The molecule has 0 aliphatic rings. The van der Waals surface area contributed by atoms with E-state index >= 15 is 0 Å². The fourth-order valence-electron chi connectivity index (χ4n) is 2.27. The van der Waals surface area contributed by atoms with Crippen molar-refractivity contribution in [2.75, 3.05) is 11.9 Å². The van der Waals surface area contributed by atoms with Gasteiger partial charge in [-0.2, -0.15) is 0 Å². The topological polar surface area (TPSA) is 45.2 Å². The zero-order chi connectivity index (χ0) is 14.7. The standard InChI is InChI=1S/C17H15ClN2O/c18-14-4-1-12(2-5-14)7-9-19-17-16-11-15(21)6-3-13(16)8-10-20-17/h1-6,8,10-11,21H,7,9H2,(H,19,20). The second kappa shape index (κ2) is 6.02. The predicted octanol–water partition coefficient (Wildman–Crippen LogP) is 4.25.